The highest BCUT2D eigenvalue weighted by Gasteiger charge is 2.22. The van der Waals surface area contributed by atoms with Crippen molar-refractivity contribution in [2.45, 2.75) is 44.6 Å². The number of methoxy groups -OCH3 is 1. The molecule has 1 aliphatic heterocycles. The van der Waals surface area contributed by atoms with Crippen LogP contribution in [0.1, 0.15) is 57.8 Å². The van der Waals surface area contributed by atoms with E-state index in [0.717, 1.165) is 42.8 Å². The van der Waals surface area contributed by atoms with Crippen LogP contribution in [0.5, 0.6) is 5.75 Å². The van der Waals surface area contributed by atoms with Gasteiger partial charge in [0.2, 0.25) is 0 Å². The number of fused-ring (bicyclic) bond motifs is 2. The summed E-state index contributed by atoms with van der Waals surface area (Å²) >= 11 is 0. The Labute approximate surface area is 161 Å². The van der Waals surface area contributed by atoms with E-state index in [1.54, 1.807) is 7.11 Å². The number of rotatable bonds is 7. The SMILES string of the molecule is COc1cccc2c1CCCC2CCNCCc1ccc2c(c1)CNC2=O. The van der Waals surface area contributed by atoms with Crippen molar-refractivity contribution in [3.05, 3.63) is 64.2 Å². The van der Waals surface area contributed by atoms with E-state index >= 15 is 0 Å². The van der Waals surface area contributed by atoms with Crippen LogP contribution in [0.25, 0.3) is 0 Å². The minimum Gasteiger partial charge on any atom is -0.496 e. The molecule has 0 aromatic heterocycles. The molecule has 1 unspecified atom stereocenters. The van der Waals surface area contributed by atoms with Gasteiger partial charge in [-0.25, -0.2) is 0 Å². The van der Waals surface area contributed by atoms with Gasteiger partial charge in [0.1, 0.15) is 5.75 Å². The molecular formula is C23H28N2O2. The number of carbonyl (C=O) groups excluding carboxylic acids is 1. The fourth-order valence-corrected chi connectivity index (χ4v) is 4.48. The summed E-state index contributed by atoms with van der Waals surface area (Å²) in [5.74, 6) is 1.74. The number of amides is 1. The molecule has 0 radical (unpaired) electrons. The van der Waals surface area contributed by atoms with Gasteiger partial charge in [-0.3, -0.25) is 4.79 Å². The molecule has 2 aliphatic rings. The van der Waals surface area contributed by atoms with Crippen LogP contribution in [-0.4, -0.2) is 26.1 Å². The first kappa shape index (κ1) is 18.1. The predicted octanol–water partition coefficient (Wildman–Crippen LogP) is 3.58. The molecule has 0 saturated heterocycles. The van der Waals surface area contributed by atoms with E-state index < -0.39 is 0 Å². The Morgan fingerprint density at radius 2 is 2.15 bits per heavy atom. The van der Waals surface area contributed by atoms with E-state index in [1.807, 2.05) is 6.07 Å². The maximum absolute atomic E-state index is 11.6. The average Bonchev–Trinajstić information content (AvgIpc) is 3.07. The number of ether oxygens (including phenoxy) is 1. The number of hydrogen-bond acceptors (Lipinski definition) is 3. The monoisotopic (exact) mass is 364 g/mol. The lowest BCUT2D eigenvalue weighted by Crippen LogP contribution is -2.22. The highest BCUT2D eigenvalue weighted by Crippen LogP contribution is 2.38. The van der Waals surface area contributed by atoms with Crippen LogP contribution in [0, 0.1) is 0 Å². The van der Waals surface area contributed by atoms with Crippen LogP contribution in [0.15, 0.2) is 36.4 Å². The third-order valence-corrected chi connectivity index (χ3v) is 5.92. The van der Waals surface area contributed by atoms with Gasteiger partial charge in [0.25, 0.3) is 5.91 Å². The summed E-state index contributed by atoms with van der Waals surface area (Å²) < 4.78 is 5.55. The van der Waals surface area contributed by atoms with Crippen molar-refractivity contribution in [3.8, 4) is 5.75 Å². The summed E-state index contributed by atoms with van der Waals surface area (Å²) in [6, 6.07) is 12.7. The van der Waals surface area contributed by atoms with Gasteiger partial charge in [-0.1, -0.05) is 24.3 Å². The van der Waals surface area contributed by atoms with Crippen molar-refractivity contribution in [2.24, 2.45) is 0 Å². The lowest BCUT2D eigenvalue weighted by atomic mass is 9.80. The van der Waals surface area contributed by atoms with Gasteiger partial charge in [0.15, 0.2) is 0 Å². The molecule has 0 fully saturated rings. The normalized spacial score (nSPS) is 18.0. The van der Waals surface area contributed by atoms with Crippen LogP contribution in [-0.2, 0) is 19.4 Å². The molecule has 2 aromatic carbocycles. The fraction of sp³-hybridized carbons (Fsp3) is 0.435. The quantitative estimate of drug-likeness (QED) is 0.739. The van der Waals surface area contributed by atoms with Gasteiger partial charge in [-0.2, -0.15) is 0 Å². The highest BCUT2D eigenvalue weighted by atomic mass is 16.5. The molecule has 0 spiro atoms. The molecule has 1 aliphatic carbocycles. The molecule has 0 saturated carbocycles. The van der Waals surface area contributed by atoms with Crippen LogP contribution < -0.4 is 15.4 Å². The van der Waals surface area contributed by atoms with E-state index in [2.05, 4.69) is 41.0 Å². The molecule has 1 heterocycles. The van der Waals surface area contributed by atoms with Gasteiger partial charge < -0.3 is 15.4 Å². The molecule has 4 rings (SSSR count). The lowest BCUT2D eigenvalue weighted by Gasteiger charge is -2.27. The van der Waals surface area contributed by atoms with Gasteiger partial charge >= 0.3 is 0 Å². The first-order valence-electron chi connectivity index (χ1n) is 10.0. The third-order valence-electron chi connectivity index (χ3n) is 5.92. The van der Waals surface area contributed by atoms with Crippen LogP contribution in [0.3, 0.4) is 0 Å². The summed E-state index contributed by atoms with van der Waals surface area (Å²) in [5.41, 5.74) is 6.16. The Morgan fingerprint density at radius 3 is 3.04 bits per heavy atom. The maximum Gasteiger partial charge on any atom is 0.251 e. The van der Waals surface area contributed by atoms with Crippen molar-refractivity contribution in [2.75, 3.05) is 20.2 Å². The minimum atomic E-state index is 0.0547. The topological polar surface area (TPSA) is 50.4 Å². The van der Waals surface area contributed by atoms with Crippen molar-refractivity contribution in [1.29, 1.82) is 0 Å². The van der Waals surface area contributed by atoms with Crippen LogP contribution in [0.2, 0.25) is 0 Å². The van der Waals surface area contributed by atoms with E-state index in [1.165, 1.54) is 36.0 Å². The standard InChI is InChI=1S/C23H28N2O2/c1-27-22-7-3-5-19-17(4-2-6-21(19)22)11-13-24-12-10-16-8-9-20-18(14-16)15-25-23(20)26/h3,5,7-9,14,17,24H,2,4,6,10-13,15H2,1H3,(H,25,26). The second-order valence-corrected chi connectivity index (χ2v) is 7.58. The van der Waals surface area contributed by atoms with Crippen molar-refractivity contribution in [3.63, 3.8) is 0 Å². The Bertz CT molecular complexity index is 831. The zero-order valence-corrected chi connectivity index (χ0v) is 16.0. The number of carbonyl (C=O) groups is 1. The van der Waals surface area contributed by atoms with Gasteiger partial charge in [0.05, 0.1) is 7.11 Å². The van der Waals surface area contributed by atoms with Crippen LogP contribution in [0.4, 0.5) is 0 Å². The molecule has 1 amide bonds. The van der Waals surface area contributed by atoms with Crippen molar-refractivity contribution < 1.29 is 9.53 Å². The summed E-state index contributed by atoms with van der Waals surface area (Å²) in [4.78, 5) is 11.6. The average molecular weight is 364 g/mol. The Kier molecular flexibility index (Phi) is 5.44. The first-order valence-corrected chi connectivity index (χ1v) is 10.0. The number of benzene rings is 2. The molecule has 2 N–H and O–H groups in total. The zero-order valence-electron chi connectivity index (χ0n) is 16.0. The third kappa shape index (κ3) is 3.86. The van der Waals surface area contributed by atoms with Gasteiger partial charge in [-0.05, 0) is 85.5 Å². The molecule has 0 bridgehead atoms. The molecule has 4 heteroatoms. The Balaban J connectivity index is 1.26. The fourth-order valence-electron chi connectivity index (χ4n) is 4.48. The van der Waals surface area contributed by atoms with Gasteiger partial charge in [0, 0.05) is 12.1 Å². The first-order chi connectivity index (χ1) is 13.3. The largest absolute Gasteiger partial charge is 0.496 e. The summed E-state index contributed by atoms with van der Waals surface area (Å²) in [5, 5.41) is 6.48. The summed E-state index contributed by atoms with van der Waals surface area (Å²) in [7, 11) is 1.77. The molecule has 27 heavy (non-hydrogen) atoms. The molecule has 4 nitrogen and oxygen atoms in total. The van der Waals surface area contributed by atoms with E-state index in [4.69, 9.17) is 4.74 Å². The maximum atomic E-state index is 11.6. The lowest BCUT2D eigenvalue weighted by molar-refractivity contribution is 0.0966. The van der Waals surface area contributed by atoms with Crippen LogP contribution >= 0.6 is 0 Å². The predicted molar refractivity (Wildman–Crippen MR) is 107 cm³/mol. The second kappa shape index (κ2) is 8.13. The minimum absolute atomic E-state index is 0.0547. The molecule has 1 atom stereocenters. The van der Waals surface area contributed by atoms with Gasteiger partial charge in [-0.15, -0.1) is 0 Å². The number of nitrogens with one attached hydrogen (secondary N) is 2. The van der Waals surface area contributed by atoms with E-state index in [9.17, 15) is 4.79 Å². The second-order valence-electron chi connectivity index (χ2n) is 7.58. The zero-order chi connectivity index (χ0) is 18.6. The highest BCUT2D eigenvalue weighted by molar-refractivity contribution is 5.98. The Morgan fingerprint density at radius 1 is 1.22 bits per heavy atom. The molecular weight excluding hydrogens is 336 g/mol. The summed E-state index contributed by atoms with van der Waals surface area (Å²) in [6.07, 6.45) is 5.83. The summed E-state index contributed by atoms with van der Waals surface area (Å²) in [6.45, 7) is 2.67. The number of hydrogen-bond donors (Lipinski definition) is 2. The Hall–Kier alpha value is -2.33. The molecule has 142 valence electrons. The molecule has 2 aromatic rings. The van der Waals surface area contributed by atoms with E-state index in [-0.39, 0.29) is 5.91 Å². The van der Waals surface area contributed by atoms with E-state index in [0.29, 0.717) is 12.5 Å². The van der Waals surface area contributed by atoms with Crippen molar-refractivity contribution >= 4 is 5.91 Å². The smallest absolute Gasteiger partial charge is 0.251 e. The van der Waals surface area contributed by atoms with Crippen molar-refractivity contribution in [1.82, 2.24) is 10.6 Å².